The zero-order valence-electron chi connectivity index (χ0n) is 9.28. The summed E-state index contributed by atoms with van der Waals surface area (Å²) in [6, 6.07) is 9.56. The van der Waals surface area contributed by atoms with Crippen LogP contribution < -0.4 is 4.74 Å². The summed E-state index contributed by atoms with van der Waals surface area (Å²) in [6.07, 6.45) is 1.70. The van der Waals surface area contributed by atoms with Crippen LogP contribution >= 0.6 is 23.2 Å². The Hall–Kier alpha value is -1.25. The van der Waals surface area contributed by atoms with Crippen molar-refractivity contribution in [2.24, 2.45) is 0 Å². The second-order valence-corrected chi connectivity index (χ2v) is 4.22. The van der Waals surface area contributed by atoms with Crippen molar-refractivity contribution in [2.45, 2.75) is 6.92 Å². The number of ether oxygens (including phenoxy) is 1. The average Bonchev–Trinajstić information content (AvgIpc) is 2.34. The molecular formula is C13H11Cl2NO. The molecule has 0 saturated heterocycles. The standard InChI is InChI=1S/C13H11Cl2NO/c1-2-17-11-5-3-9(4-6-11)10-7-12(14)13(15)16-8-10/h3-8H,2H2,1H3. The van der Waals surface area contributed by atoms with Crippen LogP contribution in [0.4, 0.5) is 0 Å². The SMILES string of the molecule is CCOc1ccc(-c2cnc(Cl)c(Cl)c2)cc1. The van der Waals surface area contributed by atoms with E-state index in [0.717, 1.165) is 16.9 Å². The molecule has 0 radical (unpaired) electrons. The van der Waals surface area contributed by atoms with Gasteiger partial charge in [-0.1, -0.05) is 35.3 Å². The Labute approximate surface area is 110 Å². The lowest BCUT2D eigenvalue weighted by Crippen LogP contribution is -1.90. The third-order valence-corrected chi connectivity index (χ3v) is 2.98. The Bertz CT molecular complexity index is 511. The van der Waals surface area contributed by atoms with E-state index in [2.05, 4.69) is 4.98 Å². The molecule has 0 aliphatic carbocycles. The Kier molecular flexibility index (Phi) is 3.87. The van der Waals surface area contributed by atoms with Gasteiger partial charge >= 0.3 is 0 Å². The van der Waals surface area contributed by atoms with Crippen molar-refractivity contribution in [3.05, 3.63) is 46.7 Å². The van der Waals surface area contributed by atoms with Gasteiger partial charge in [0.15, 0.2) is 0 Å². The molecule has 0 N–H and O–H groups in total. The first-order valence-corrected chi connectivity index (χ1v) is 6.00. The molecule has 0 bridgehead atoms. The fraction of sp³-hybridized carbons (Fsp3) is 0.154. The van der Waals surface area contributed by atoms with Gasteiger partial charge in [-0.25, -0.2) is 4.98 Å². The Morgan fingerprint density at radius 3 is 2.41 bits per heavy atom. The minimum absolute atomic E-state index is 0.321. The predicted molar refractivity (Wildman–Crippen MR) is 70.9 cm³/mol. The molecule has 0 aliphatic heterocycles. The zero-order chi connectivity index (χ0) is 12.3. The van der Waals surface area contributed by atoms with Crippen LogP contribution in [0.2, 0.25) is 10.2 Å². The maximum Gasteiger partial charge on any atom is 0.147 e. The summed E-state index contributed by atoms with van der Waals surface area (Å²) in [4.78, 5) is 4.02. The molecule has 0 atom stereocenters. The smallest absolute Gasteiger partial charge is 0.147 e. The van der Waals surface area contributed by atoms with Crippen LogP contribution in [0.15, 0.2) is 36.5 Å². The van der Waals surface area contributed by atoms with Crippen molar-refractivity contribution in [2.75, 3.05) is 6.61 Å². The molecule has 17 heavy (non-hydrogen) atoms. The Morgan fingerprint density at radius 1 is 1.12 bits per heavy atom. The highest BCUT2D eigenvalue weighted by Crippen LogP contribution is 2.27. The largest absolute Gasteiger partial charge is 0.494 e. The van der Waals surface area contributed by atoms with E-state index in [-0.39, 0.29) is 0 Å². The molecule has 0 saturated carbocycles. The van der Waals surface area contributed by atoms with E-state index in [9.17, 15) is 0 Å². The van der Waals surface area contributed by atoms with Gasteiger partial charge in [-0.05, 0) is 30.7 Å². The van der Waals surface area contributed by atoms with E-state index in [0.29, 0.717) is 16.8 Å². The van der Waals surface area contributed by atoms with Crippen molar-refractivity contribution in [3.8, 4) is 16.9 Å². The molecule has 1 heterocycles. The summed E-state index contributed by atoms with van der Waals surface area (Å²) in [5, 5.41) is 0.777. The third kappa shape index (κ3) is 2.90. The lowest BCUT2D eigenvalue weighted by Gasteiger charge is -2.05. The molecule has 2 aromatic rings. The van der Waals surface area contributed by atoms with E-state index in [1.165, 1.54) is 0 Å². The van der Waals surface area contributed by atoms with Gasteiger partial charge in [-0.3, -0.25) is 0 Å². The van der Waals surface area contributed by atoms with Gasteiger partial charge in [0.1, 0.15) is 10.9 Å². The second-order valence-electron chi connectivity index (χ2n) is 3.45. The number of aromatic nitrogens is 1. The average molecular weight is 268 g/mol. The molecule has 0 aliphatic rings. The third-order valence-electron chi connectivity index (χ3n) is 2.29. The van der Waals surface area contributed by atoms with Crippen molar-refractivity contribution in [3.63, 3.8) is 0 Å². The number of hydrogen-bond donors (Lipinski definition) is 0. The van der Waals surface area contributed by atoms with Crippen LogP contribution in [0, 0.1) is 0 Å². The van der Waals surface area contributed by atoms with E-state index in [1.807, 2.05) is 31.2 Å². The highest BCUT2D eigenvalue weighted by Gasteiger charge is 2.03. The van der Waals surface area contributed by atoms with Gasteiger partial charge in [0.2, 0.25) is 0 Å². The molecule has 0 spiro atoms. The van der Waals surface area contributed by atoms with E-state index in [1.54, 1.807) is 12.3 Å². The van der Waals surface area contributed by atoms with Crippen LogP contribution in [-0.2, 0) is 0 Å². The molecule has 0 fully saturated rings. The first-order chi connectivity index (χ1) is 8.20. The predicted octanol–water partition coefficient (Wildman–Crippen LogP) is 4.45. The van der Waals surface area contributed by atoms with Crippen LogP contribution in [0.5, 0.6) is 5.75 Å². The van der Waals surface area contributed by atoms with Gasteiger partial charge in [0.05, 0.1) is 11.6 Å². The lowest BCUT2D eigenvalue weighted by molar-refractivity contribution is 0.340. The first kappa shape index (κ1) is 12.2. The molecule has 2 rings (SSSR count). The van der Waals surface area contributed by atoms with Gasteiger partial charge in [0, 0.05) is 11.8 Å². The summed E-state index contributed by atoms with van der Waals surface area (Å²) in [5.74, 6) is 0.851. The number of hydrogen-bond acceptors (Lipinski definition) is 2. The van der Waals surface area contributed by atoms with Gasteiger partial charge in [-0.2, -0.15) is 0 Å². The van der Waals surface area contributed by atoms with E-state index < -0.39 is 0 Å². The minimum Gasteiger partial charge on any atom is -0.494 e. The van der Waals surface area contributed by atoms with Crippen LogP contribution in [-0.4, -0.2) is 11.6 Å². The molecule has 0 amide bonds. The summed E-state index contributed by atoms with van der Waals surface area (Å²) in [7, 11) is 0. The normalized spacial score (nSPS) is 10.3. The van der Waals surface area contributed by atoms with Crippen LogP contribution in [0.25, 0.3) is 11.1 Å². The van der Waals surface area contributed by atoms with Crippen molar-refractivity contribution in [1.82, 2.24) is 4.98 Å². The molecule has 0 unspecified atom stereocenters. The summed E-state index contributed by atoms with van der Waals surface area (Å²) >= 11 is 11.7. The van der Waals surface area contributed by atoms with Crippen molar-refractivity contribution < 1.29 is 4.74 Å². The van der Waals surface area contributed by atoms with Gasteiger partial charge in [0.25, 0.3) is 0 Å². The summed E-state index contributed by atoms with van der Waals surface area (Å²) < 4.78 is 5.38. The first-order valence-electron chi connectivity index (χ1n) is 5.25. The second kappa shape index (κ2) is 5.39. The Balaban J connectivity index is 2.30. The number of nitrogens with zero attached hydrogens (tertiary/aromatic N) is 1. The van der Waals surface area contributed by atoms with Gasteiger partial charge in [-0.15, -0.1) is 0 Å². The highest BCUT2D eigenvalue weighted by molar-refractivity contribution is 6.41. The molecule has 88 valence electrons. The molecule has 2 nitrogen and oxygen atoms in total. The van der Waals surface area contributed by atoms with Crippen LogP contribution in [0.1, 0.15) is 6.92 Å². The number of benzene rings is 1. The zero-order valence-corrected chi connectivity index (χ0v) is 10.8. The van der Waals surface area contributed by atoms with Crippen molar-refractivity contribution >= 4 is 23.2 Å². The molecule has 1 aromatic carbocycles. The molecular weight excluding hydrogens is 257 g/mol. The Morgan fingerprint density at radius 2 is 1.82 bits per heavy atom. The molecule has 1 aromatic heterocycles. The fourth-order valence-corrected chi connectivity index (χ4v) is 1.76. The molecule has 4 heteroatoms. The topological polar surface area (TPSA) is 22.1 Å². The number of rotatable bonds is 3. The monoisotopic (exact) mass is 267 g/mol. The summed E-state index contributed by atoms with van der Waals surface area (Å²) in [6.45, 7) is 2.62. The quantitative estimate of drug-likeness (QED) is 0.767. The van der Waals surface area contributed by atoms with E-state index in [4.69, 9.17) is 27.9 Å². The summed E-state index contributed by atoms with van der Waals surface area (Å²) in [5.41, 5.74) is 1.96. The maximum absolute atomic E-state index is 5.93. The minimum atomic E-state index is 0.321. The lowest BCUT2D eigenvalue weighted by atomic mass is 10.1. The highest BCUT2D eigenvalue weighted by atomic mass is 35.5. The van der Waals surface area contributed by atoms with Crippen LogP contribution in [0.3, 0.4) is 0 Å². The maximum atomic E-state index is 5.93. The van der Waals surface area contributed by atoms with Gasteiger partial charge < -0.3 is 4.74 Å². The van der Waals surface area contributed by atoms with Crippen molar-refractivity contribution in [1.29, 1.82) is 0 Å². The van der Waals surface area contributed by atoms with E-state index >= 15 is 0 Å². The number of halogens is 2. The number of pyridine rings is 1. The fourth-order valence-electron chi connectivity index (χ4n) is 1.49.